The Morgan fingerprint density at radius 3 is 0.602 bits per heavy atom. The number of hydrogen-bond donors (Lipinski definition) is 0. The van der Waals surface area contributed by atoms with Gasteiger partial charge in [-0.25, -0.2) is 0 Å². The maximum atomic E-state index is 11.9. The van der Waals surface area contributed by atoms with Crippen LogP contribution in [0.15, 0.2) is 0 Å². The van der Waals surface area contributed by atoms with Crippen molar-refractivity contribution in [2.45, 2.75) is 448 Å². The second kappa shape index (κ2) is 91.9. The number of esters is 4. The SMILES string of the molecule is CCCCCCCCC1CC1CCCCCCCC(=O)OCCOCCN(CC)CC.CCCCCCCCC1CC1CCCCCCCC(=O)OCCOCCOCCOCC[N+](C)(C)C.CCCCCCCCC1CC1CCCCCCCC(=O)OCCOCCOCC[N+](C)(C)C.CCCCCCCCC1CC1CCCCCCCC(=O)OCCOCC[N+](CC)(CC)CC. The molecule has 0 N–H and O–H groups in total. The lowest BCUT2D eigenvalue weighted by Gasteiger charge is -2.35. The smallest absolute Gasteiger partial charge is 0.305 e. The monoisotopic (exact) mass is 1890 g/mol. The summed E-state index contributed by atoms with van der Waals surface area (Å²) in [5.74, 6) is 8.04. The average molecular weight is 1890 g/mol. The zero-order valence-electron chi connectivity index (χ0n) is 91.0. The molecule has 0 bridgehead atoms. The molecule has 0 aromatic carbocycles. The highest BCUT2D eigenvalue weighted by atomic mass is 16.6. The minimum atomic E-state index is -0.101. The molecule has 4 aliphatic rings. The van der Waals surface area contributed by atoms with Gasteiger partial charge in [-0.1, -0.05) is 350 Å². The van der Waals surface area contributed by atoms with E-state index < -0.39 is 0 Å². The molecule has 4 rings (SSSR count). The highest BCUT2D eigenvalue weighted by Crippen LogP contribution is 2.49. The minimum absolute atomic E-state index is 0.0603. The van der Waals surface area contributed by atoms with Crippen LogP contribution in [0.25, 0.3) is 0 Å². The Morgan fingerprint density at radius 2 is 0.398 bits per heavy atom. The summed E-state index contributed by atoms with van der Waals surface area (Å²) in [6, 6.07) is 0. The lowest BCUT2D eigenvalue weighted by molar-refractivity contribution is -0.923. The van der Waals surface area contributed by atoms with Gasteiger partial charge >= 0.3 is 23.9 Å². The van der Waals surface area contributed by atoms with Gasteiger partial charge in [-0.15, -0.1) is 0 Å². The molecule has 4 aliphatic carbocycles. The number of nitrogens with zero attached hydrogens (tertiary/aromatic N) is 4. The molecule has 0 radical (unpaired) electrons. The van der Waals surface area contributed by atoms with E-state index in [-0.39, 0.29) is 23.9 Å². The zero-order chi connectivity index (χ0) is 97.3. The number of rotatable bonds is 98. The van der Waals surface area contributed by atoms with E-state index >= 15 is 0 Å². The first-order chi connectivity index (χ1) is 64.7. The quantitative estimate of drug-likeness (QED) is 0.0243. The molecule has 0 heterocycles. The molecule has 19 heteroatoms. The van der Waals surface area contributed by atoms with Crippen LogP contribution in [0.2, 0.25) is 0 Å². The summed E-state index contributed by atoms with van der Waals surface area (Å²) >= 11 is 0. The first-order valence-electron chi connectivity index (χ1n) is 57.5. The molecule has 4 saturated carbocycles. The van der Waals surface area contributed by atoms with Gasteiger partial charge in [0.05, 0.1) is 154 Å². The molecule has 4 fully saturated rings. The fourth-order valence-corrected chi connectivity index (χ4v) is 18.7. The van der Waals surface area contributed by atoms with Crippen molar-refractivity contribution in [2.75, 3.05) is 220 Å². The third-order valence-electron chi connectivity index (χ3n) is 28.9. The third-order valence-corrected chi connectivity index (χ3v) is 28.9. The number of ether oxygens (including phenoxy) is 11. The van der Waals surface area contributed by atoms with Crippen LogP contribution in [-0.4, -0.2) is 262 Å². The maximum Gasteiger partial charge on any atom is 0.305 e. The van der Waals surface area contributed by atoms with E-state index in [2.05, 4.69) is 109 Å². The highest BCUT2D eigenvalue weighted by Gasteiger charge is 2.38. The number of hydrogen-bond acceptors (Lipinski definition) is 16. The summed E-state index contributed by atoms with van der Waals surface area (Å²) in [7, 11) is 12.9. The molecule has 0 aromatic heterocycles. The van der Waals surface area contributed by atoms with Crippen molar-refractivity contribution in [3.63, 3.8) is 0 Å². The number of quaternary nitrogens is 3. The number of unbranched alkanes of at least 4 members (excludes halogenated alkanes) is 36. The molecule has 0 amide bonds. The van der Waals surface area contributed by atoms with Crippen LogP contribution < -0.4 is 0 Å². The Kier molecular flexibility index (Phi) is 88.7. The number of carbonyl (C=O) groups excluding carboxylic acids is 4. The fourth-order valence-electron chi connectivity index (χ4n) is 18.7. The normalized spacial score (nSPS) is 17.8. The van der Waals surface area contributed by atoms with Crippen LogP contribution in [0.1, 0.15) is 448 Å². The first-order valence-corrected chi connectivity index (χ1v) is 57.5. The molecule has 0 aromatic rings. The highest BCUT2D eigenvalue weighted by molar-refractivity contribution is 5.70. The first kappa shape index (κ1) is 128. The van der Waals surface area contributed by atoms with Gasteiger partial charge in [-0.05, 0) is 133 Å². The molecular formula is C114H227N4O15+3. The molecule has 8 unspecified atom stereocenters. The van der Waals surface area contributed by atoms with Crippen LogP contribution in [0.4, 0.5) is 0 Å². The largest absolute Gasteiger partial charge is 0.463 e. The summed E-state index contributed by atoms with van der Waals surface area (Å²) in [6.45, 7) is 39.4. The molecule has 0 spiro atoms. The van der Waals surface area contributed by atoms with Crippen molar-refractivity contribution < 1.29 is 84.7 Å². The van der Waals surface area contributed by atoms with Gasteiger partial charge in [-0.2, -0.15) is 0 Å². The standard InChI is InChI=1S/C30H60NO5.C29H58NO3.C28H56NO4.C27H53NO3/c1-5-6-7-8-10-13-16-28-27-29(28)17-14-11-9-12-15-18-30(32)36-26-25-35-24-23-34-22-21-33-20-19-31(2,3)4;1-5-9-10-11-13-16-19-27-26-28(27)20-17-14-12-15-18-21-29(31)33-25-24-32-23-22-30(6-2,7-3)8-4;1-5-6-7-8-10-13-16-26-25-27(26)17-14-11-9-12-15-18-28(30)33-24-23-32-22-21-31-20-19-29(2,3)4;1-4-7-8-9-11-14-17-25-24-26(25)18-15-12-10-13-16-19-27(29)31-23-22-30-21-20-28(5-2)6-3/h28-29H,5-27H2,1-4H3;27-28H,5-26H2,1-4H3;26-27H,5-25H2,1-4H3;25-26H,4-24H2,1-3H3/q3*+1;. The molecule has 790 valence electrons. The van der Waals surface area contributed by atoms with Crippen LogP contribution in [0, 0.1) is 47.3 Å². The van der Waals surface area contributed by atoms with E-state index in [0.29, 0.717) is 125 Å². The number of carbonyl (C=O) groups is 4. The molecular weight excluding hydrogens is 1670 g/mol. The molecule has 19 nitrogen and oxygen atoms in total. The van der Waals surface area contributed by atoms with E-state index in [0.717, 1.165) is 191 Å². The summed E-state index contributed by atoms with van der Waals surface area (Å²) in [5.41, 5.74) is 0. The lowest BCUT2D eigenvalue weighted by atomic mass is 10.0. The van der Waals surface area contributed by atoms with Crippen LogP contribution in [0.5, 0.6) is 0 Å². The predicted octanol–water partition coefficient (Wildman–Crippen LogP) is 27.3. The summed E-state index contributed by atoms with van der Waals surface area (Å²) in [4.78, 5) is 49.6. The maximum absolute atomic E-state index is 11.9. The van der Waals surface area contributed by atoms with Gasteiger partial charge in [0.15, 0.2) is 0 Å². The Hall–Kier alpha value is -2.56. The zero-order valence-corrected chi connectivity index (χ0v) is 91.0. The van der Waals surface area contributed by atoms with Crippen molar-refractivity contribution in [3.8, 4) is 0 Å². The van der Waals surface area contributed by atoms with Gasteiger partial charge in [0.2, 0.25) is 0 Å². The summed E-state index contributed by atoms with van der Waals surface area (Å²) in [6.07, 6.45) is 78.3. The topological polar surface area (TPSA) is 173 Å². The van der Waals surface area contributed by atoms with E-state index in [1.807, 2.05) is 0 Å². The van der Waals surface area contributed by atoms with Gasteiger partial charge in [-0.3, -0.25) is 19.2 Å². The van der Waals surface area contributed by atoms with Crippen molar-refractivity contribution >= 4 is 23.9 Å². The van der Waals surface area contributed by atoms with Gasteiger partial charge in [0.25, 0.3) is 0 Å². The van der Waals surface area contributed by atoms with Crippen molar-refractivity contribution in [3.05, 3.63) is 0 Å². The fraction of sp³-hybridized carbons (Fsp3) is 0.965. The Balaban J connectivity index is 0.000000888. The number of likely N-dealkylation sites (N-methyl/N-ethyl adjacent to an activating group) is 4. The van der Waals surface area contributed by atoms with Gasteiger partial charge in [0, 0.05) is 32.2 Å². The summed E-state index contributed by atoms with van der Waals surface area (Å²) in [5, 5.41) is 0. The van der Waals surface area contributed by atoms with Gasteiger partial charge < -0.3 is 70.5 Å². The van der Waals surface area contributed by atoms with E-state index in [9.17, 15) is 19.2 Å². The summed E-state index contributed by atoms with van der Waals surface area (Å²) < 4.78 is 62.7. The molecule has 0 saturated heterocycles. The Labute approximate surface area is 824 Å². The second-order valence-electron chi connectivity index (χ2n) is 42.7. The van der Waals surface area contributed by atoms with E-state index in [1.165, 1.54) is 308 Å². The lowest BCUT2D eigenvalue weighted by Crippen LogP contribution is -2.49. The van der Waals surface area contributed by atoms with E-state index in [4.69, 9.17) is 52.1 Å². The van der Waals surface area contributed by atoms with Crippen molar-refractivity contribution in [2.24, 2.45) is 47.3 Å². The Morgan fingerprint density at radius 1 is 0.218 bits per heavy atom. The molecule has 133 heavy (non-hydrogen) atoms. The van der Waals surface area contributed by atoms with Crippen LogP contribution in [0.3, 0.4) is 0 Å². The van der Waals surface area contributed by atoms with Crippen molar-refractivity contribution in [1.82, 2.24) is 4.90 Å². The minimum Gasteiger partial charge on any atom is -0.463 e. The average Bonchev–Trinajstić information content (AvgIpc) is 1.71. The molecule has 0 aliphatic heterocycles. The van der Waals surface area contributed by atoms with Crippen LogP contribution in [-0.2, 0) is 71.3 Å². The third kappa shape index (κ3) is 88.1. The van der Waals surface area contributed by atoms with Crippen LogP contribution >= 0.6 is 0 Å². The van der Waals surface area contributed by atoms with Crippen molar-refractivity contribution in [1.29, 1.82) is 0 Å². The second-order valence-corrected chi connectivity index (χ2v) is 42.7. The van der Waals surface area contributed by atoms with Gasteiger partial charge in [0.1, 0.15) is 46.1 Å². The van der Waals surface area contributed by atoms with E-state index in [1.54, 1.807) is 0 Å². The predicted molar refractivity (Wildman–Crippen MR) is 558 cm³/mol. The molecule has 8 atom stereocenters. The Bertz CT molecular complexity index is 2510.